The summed E-state index contributed by atoms with van der Waals surface area (Å²) in [4.78, 5) is 8.33. The van der Waals surface area contributed by atoms with Gasteiger partial charge in [-0.3, -0.25) is 0 Å². The van der Waals surface area contributed by atoms with Crippen molar-refractivity contribution in [1.29, 1.82) is 0 Å². The highest BCUT2D eigenvalue weighted by molar-refractivity contribution is 6.29. The first-order valence-electron chi connectivity index (χ1n) is 4.73. The van der Waals surface area contributed by atoms with Crippen LogP contribution in [0.1, 0.15) is 11.4 Å². The van der Waals surface area contributed by atoms with Gasteiger partial charge in [0.1, 0.15) is 11.8 Å². The molecule has 5 nitrogen and oxygen atoms in total. The van der Waals surface area contributed by atoms with Crippen molar-refractivity contribution in [2.75, 3.05) is 7.11 Å². The van der Waals surface area contributed by atoms with Crippen LogP contribution in [0, 0.1) is 6.92 Å². The van der Waals surface area contributed by atoms with Gasteiger partial charge in [-0.1, -0.05) is 11.6 Å². The minimum Gasteiger partial charge on any atom is -0.377 e. The minimum atomic E-state index is 0.327. The van der Waals surface area contributed by atoms with Crippen molar-refractivity contribution in [1.82, 2.24) is 19.7 Å². The summed E-state index contributed by atoms with van der Waals surface area (Å²) in [6, 6.07) is 1.66. The Morgan fingerprint density at radius 2 is 2.25 bits per heavy atom. The van der Waals surface area contributed by atoms with Crippen LogP contribution in [0.15, 0.2) is 18.5 Å². The predicted octanol–water partition coefficient (Wildman–Crippen LogP) is 1.77. The van der Waals surface area contributed by atoms with E-state index in [1.807, 2.05) is 13.1 Å². The Kier molecular flexibility index (Phi) is 3.17. The van der Waals surface area contributed by atoms with E-state index < -0.39 is 0 Å². The molecule has 0 aliphatic rings. The summed E-state index contributed by atoms with van der Waals surface area (Å²) in [7, 11) is 1.59. The Labute approximate surface area is 98.0 Å². The van der Waals surface area contributed by atoms with Crippen molar-refractivity contribution < 1.29 is 4.74 Å². The molecule has 0 fully saturated rings. The smallest absolute Gasteiger partial charge is 0.158 e. The molecule has 0 saturated heterocycles. The number of halogens is 1. The average molecular weight is 239 g/mol. The van der Waals surface area contributed by atoms with Crippen molar-refractivity contribution in [2.24, 2.45) is 0 Å². The molecule has 0 aromatic carbocycles. The van der Waals surface area contributed by atoms with E-state index >= 15 is 0 Å². The number of aryl methyl sites for hydroxylation is 1. The van der Waals surface area contributed by atoms with Gasteiger partial charge in [0.25, 0.3) is 0 Å². The monoisotopic (exact) mass is 238 g/mol. The SMILES string of the molecule is COCc1nc(Cl)cc(-n2cc(C)cn2)n1. The number of nitrogens with zero attached hydrogens (tertiary/aromatic N) is 4. The predicted molar refractivity (Wildman–Crippen MR) is 59.6 cm³/mol. The first-order valence-corrected chi connectivity index (χ1v) is 5.11. The lowest BCUT2D eigenvalue weighted by molar-refractivity contribution is 0.177. The fourth-order valence-corrected chi connectivity index (χ4v) is 1.50. The molecule has 0 atom stereocenters. The van der Waals surface area contributed by atoms with Crippen LogP contribution in [0.5, 0.6) is 0 Å². The number of ether oxygens (including phenoxy) is 1. The molecule has 0 radical (unpaired) electrons. The normalized spacial score (nSPS) is 10.7. The molecule has 0 bridgehead atoms. The quantitative estimate of drug-likeness (QED) is 0.765. The van der Waals surface area contributed by atoms with Gasteiger partial charge < -0.3 is 4.74 Å². The fraction of sp³-hybridized carbons (Fsp3) is 0.300. The maximum Gasteiger partial charge on any atom is 0.158 e. The van der Waals surface area contributed by atoms with Crippen molar-refractivity contribution in [2.45, 2.75) is 13.5 Å². The van der Waals surface area contributed by atoms with Crippen molar-refractivity contribution in [3.8, 4) is 5.82 Å². The van der Waals surface area contributed by atoms with E-state index in [1.165, 1.54) is 0 Å². The Balaban J connectivity index is 2.40. The van der Waals surface area contributed by atoms with Crippen molar-refractivity contribution in [3.05, 3.63) is 35.0 Å². The lowest BCUT2D eigenvalue weighted by Gasteiger charge is -2.04. The van der Waals surface area contributed by atoms with E-state index in [4.69, 9.17) is 16.3 Å². The summed E-state index contributed by atoms with van der Waals surface area (Å²) in [5.41, 5.74) is 1.06. The van der Waals surface area contributed by atoms with Crippen LogP contribution < -0.4 is 0 Å². The summed E-state index contributed by atoms with van der Waals surface area (Å²) >= 11 is 5.89. The summed E-state index contributed by atoms with van der Waals surface area (Å²) in [6.07, 6.45) is 3.63. The summed E-state index contributed by atoms with van der Waals surface area (Å²) < 4.78 is 6.62. The Morgan fingerprint density at radius 3 is 2.88 bits per heavy atom. The molecule has 0 amide bonds. The molecule has 2 rings (SSSR count). The highest BCUT2D eigenvalue weighted by Gasteiger charge is 2.05. The number of aromatic nitrogens is 4. The largest absolute Gasteiger partial charge is 0.377 e. The molecule has 0 unspecified atom stereocenters. The molecule has 2 heterocycles. The van der Waals surface area contributed by atoms with Gasteiger partial charge in [0, 0.05) is 19.4 Å². The molecule has 2 aromatic heterocycles. The van der Waals surface area contributed by atoms with E-state index in [9.17, 15) is 0 Å². The Morgan fingerprint density at radius 1 is 1.44 bits per heavy atom. The summed E-state index contributed by atoms with van der Waals surface area (Å²) in [5.74, 6) is 1.18. The molecule has 0 aliphatic carbocycles. The lowest BCUT2D eigenvalue weighted by atomic mass is 10.4. The first kappa shape index (κ1) is 11.0. The van der Waals surface area contributed by atoms with Crippen LogP contribution in [0.25, 0.3) is 5.82 Å². The van der Waals surface area contributed by atoms with E-state index in [1.54, 1.807) is 24.1 Å². The molecule has 0 aliphatic heterocycles. The molecule has 2 aromatic rings. The highest BCUT2D eigenvalue weighted by Crippen LogP contribution is 2.11. The van der Waals surface area contributed by atoms with Gasteiger partial charge in [-0.05, 0) is 12.5 Å². The zero-order valence-corrected chi connectivity index (χ0v) is 9.77. The molecule has 0 saturated carbocycles. The third kappa shape index (κ3) is 2.37. The van der Waals surface area contributed by atoms with Crippen LogP contribution >= 0.6 is 11.6 Å². The molecule has 6 heteroatoms. The van der Waals surface area contributed by atoms with Gasteiger partial charge in [-0.2, -0.15) is 5.10 Å². The first-order chi connectivity index (χ1) is 7.69. The van der Waals surface area contributed by atoms with E-state index in [0.717, 1.165) is 5.56 Å². The van der Waals surface area contributed by atoms with Gasteiger partial charge in [0.2, 0.25) is 0 Å². The standard InChI is InChI=1S/C10H11ClN4O/c1-7-4-12-15(5-7)10-3-8(11)13-9(14-10)6-16-2/h3-5H,6H2,1-2H3. The van der Waals surface area contributed by atoms with E-state index in [2.05, 4.69) is 15.1 Å². The molecule has 16 heavy (non-hydrogen) atoms. The van der Waals surface area contributed by atoms with Crippen LogP contribution in [-0.2, 0) is 11.3 Å². The number of rotatable bonds is 3. The van der Waals surface area contributed by atoms with Gasteiger partial charge >= 0.3 is 0 Å². The zero-order valence-electron chi connectivity index (χ0n) is 9.01. The Bertz CT molecular complexity index is 497. The average Bonchev–Trinajstić information content (AvgIpc) is 2.64. The second kappa shape index (κ2) is 4.59. The molecular formula is C10H11ClN4O. The Hall–Kier alpha value is -1.46. The minimum absolute atomic E-state index is 0.327. The maximum absolute atomic E-state index is 5.89. The topological polar surface area (TPSA) is 52.8 Å². The number of hydrogen-bond donors (Lipinski definition) is 0. The second-order valence-corrected chi connectivity index (χ2v) is 3.75. The highest BCUT2D eigenvalue weighted by atomic mass is 35.5. The number of methoxy groups -OCH3 is 1. The molecular weight excluding hydrogens is 228 g/mol. The maximum atomic E-state index is 5.89. The van der Waals surface area contributed by atoms with Gasteiger partial charge in [0.05, 0.1) is 6.20 Å². The van der Waals surface area contributed by atoms with Crippen LogP contribution in [0.2, 0.25) is 5.15 Å². The van der Waals surface area contributed by atoms with E-state index in [-0.39, 0.29) is 0 Å². The van der Waals surface area contributed by atoms with Crippen LogP contribution in [0.4, 0.5) is 0 Å². The molecule has 84 valence electrons. The summed E-state index contributed by atoms with van der Waals surface area (Å²) in [5, 5.41) is 4.54. The summed E-state index contributed by atoms with van der Waals surface area (Å²) in [6.45, 7) is 2.29. The zero-order chi connectivity index (χ0) is 11.5. The van der Waals surface area contributed by atoms with Crippen molar-refractivity contribution in [3.63, 3.8) is 0 Å². The van der Waals surface area contributed by atoms with Gasteiger partial charge in [-0.25, -0.2) is 14.6 Å². The number of hydrogen-bond acceptors (Lipinski definition) is 4. The second-order valence-electron chi connectivity index (χ2n) is 3.36. The van der Waals surface area contributed by atoms with Gasteiger partial charge in [-0.15, -0.1) is 0 Å². The van der Waals surface area contributed by atoms with Gasteiger partial charge in [0.15, 0.2) is 11.6 Å². The van der Waals surface area contributed by atoms with E-state index in [0.29, 0.717) is 23.4 Å². The third-order valence-electron chi connectivity index (χ3n) is 1.95. The lowest BCUT2D eigenvalue weighted by Crippen LogP contribution is -2.04. The third-order valence-corrected chi connectivity index (χ3v) is 2.14. The van der Waals surface area contributed by atoms with Crippen LogP contribution in [-0.4, -0.2) is 26.9 Å². The molecule has 0 spiro atoms. The fourth-order valence-electron chi connectivity index (χ4n) is 1.30. The van der Waals surface area contributed by atoms with Crippen molar-refractivity contribution >= 4 is 11.6 Å². The van der Waals surface area contributed by atoms with Crippen LogP contribution in [0.3, 0.4) is 0 Å². The molecule has 0 N–H and O–H groups in total.